The van der Waals surface area contributed by atoms with E-state index < -0.39 is 0 Å². The predicted octanol–water partition coefficient (Wildman–Crippen LogP) is 3.05. The van der Waals surface area contributed by atoms with E-state index in [4.69, 9.17) is 4.74 Å². The summed E-state index contributed by atoms with van der Waals surface area (Å²) in [5, 5.41) is 1.15. The summed E-state index contributed by atoms with van der Waals surface area (Å²) >= 11 is 3.66. The molecule has 1 saturated heterocycles. The first-order valence-electron chi connectivity index (χ1n) is 6.76. The third-order valence-corrected chi connectivity index (χ3v) is 4.92. The van der Waals surface area contributed by atoms with Gasteiger partial charge in [0.25, 0.3) is 0 Å². The van der Waals surface area contributed by atoms with Crippen molar-refractivity contribution < 1.29 is 4.74 Å². The van der Waals surface area contributed by atoms with Crippen LogP contribution in [0.3, 0.4) is 0 Å². The molecule has 0 aromatic carbocycles. The summed E-state index contributed by atoms with van der Waals surface area (Å²) < 4.78 is 5.85. The second kappa shape index (κ2) is 6.36. The van der Waals surface area contributed by atoms with Gasteiger partial charge in [-0.25, -0.2) is 0 Å². The quantitative estimate of drug-likeness (QED) is 0.722. The largest absolute Gasteiger partial charge is 0.375 e. The first-order chi connectivity index (χ1) is 7.85. The maximum Gasteiger partial charge on any atom is 0.0730 e. The highest BCUT2D eigenvalue weighted by molar-refractivity contribution is 9.09. The van der Waals surface area contributed by atoms with Gasteiger partial charge < -0.3 is 4.74 Å². The molecule has 3 unspecified atom stereocenters. The van der Waals surface area contributed by atoms with Crippen LogP contribution >= 0.6 is 15.9 Å². The van der Waals surface area contributed by atoms with Crippen LogP contribution in [0.15, 0.2) is 0 Å². The number of hydrogen-bond acceptors (Lipinski definition) is 2. The van der Waals surface area contributed by atoms with E-state index in [2.05, 4.69) is 27.8 Å². The average molecular weight is 290 g/mol. The predicted molar refractivity (Wildman–Crippen MR) is 71.1 cm³/mol. The van der Waals surface area contributed by atoms with Crippen LogP contribution in [0.1, 0.15) is 39.0 Å². The molecule has 0 spiro atoms. The number of rotatable bonds is 5. The van der Waals surface area contributed by atoms with Gasteiger partial charge in [-0.3, -0.25) is 4.90 Å². The van der Waals surface area contributed by atoms with E-state index in [0.717, 1.165) is 30.4 Å². The Kier molecular flexibility index (Phi) is 5.11. The van der Waals surface area contributed by atoms with Crippen molar-refractivity contribution >= 4 is 15.9 Å². The van der Waals surface area contributed by atoms with Crippen LogP contribution in [0.5, 0.6) is 0 Å². The SMILES string of the molecule is CCCC(CBr)CN1CCOC2CCCC21. The zero-order valence-corrected chi connectivity index (χ0v) is 11.9. The minimum absolute atomic E-state index is 0.548. The summed E-state index contributed by atoms with van der Waals surface area (Å²) in [6.45, 7) is 5.65. The maximum absolute atomic E-state index is 5.85. The average Bonchev–Trinajstić information content (AvgIpc) is 2.77. The molecule has 3 heteroatoms. The van der Waals surface area contributed by atoms with Crippen LogP contribution in [-0.4, -0.2) is 42.1 Å². The smallest absolute Gasteiger partial charge is 0.0730 e. The van der Waals surface area contributed by atoms with Crippen molar-refractivity contribution in [2.75, 3.05) is 25.0 Å². The van der Waals surface area contributed by atoms with E-state index in [1.54, 1.807) is 0 Å². The van der Waals surface area contributed by atoms with E-state index in [1.807, 2.05) is 0 Å². The highest BCUT2D eigenvalue weighted by Crippen LogP contribution is 2.30. The Morgan fingerprint density at radius 3 is 3.06 bits per heavy atom. The van der Waals surface area contributed by atoms with Crippen molar-refractivity contribution in [3.63, 3.8) is 0 Å². The molecule has 2 nitrogen and oxygen atoms in total. The molecule has 0 bridgehead atoms. The molecular formula is C13H24BrNO. The minimum Gasteiger partial charge on any atom is -0.375 e. The Morgan fingerprint density at radius 1 is 1.44 bits per heavy atom. The monoisotopic (exact) mass is 289 g/mol. The van der Waals surface area contributed by atoms with Crippen molar-refractivity contribution in [2.24, 2.45) is 5.92 Å². The summed E-state index contributed by atoms with van der Waals surface area (Å²) in [6, 6.07) is 0.729. The molecule has 1 saturated carbocycles. The molecule has 2 aliphatic rings. The van der Waals surface area contributed by atoms with Gasteiger partial charge in [0, 0.05) is 24.5 Å². The van der Waals surface area contributed by atoms with Crippen molar-refractivity contribution in [3.05, 3.63) is 0 Å². The van der Waals surface area contributed by atoms with Crippen molar-refractivity contribution in [1.29, 1.82) is 0 Å². The van der Waals surface area contributed by atoms with Gasteiger partial charge in [0.1, 0.15) is 0 Å². The Morgan fingerprint density at radius 2 is 2.31 bits per heavy atom. The molecule has 0 radical (unpaired) electrons. The molecule has 1 heterocycles. The number of nitrogens with zero attached hydrogens (tertiary/aromatic N) is 1. The fourth-order valence-corrected chi connectivity index (χ4v) is 3.72. The molecule has 1 aliphatic carbocycles. The molecule has 0 N–H and O–H groups in total. The molecule has 2 rings (SSSR count). The van der Waals surface area contributed by atoms with Gasteiger partial charge in [-0.05, 0) is 31.6 Å². The normalized spacial score (nSPS) is 32.6. The molecule has 0 aromatic heterocycles. The van der Waals surface area contributed by atoms with Gasteiger partial charge >= 0.3 is 0 Å². The lowest BCUT2D eigenvalue weighted by molar-refractivity contribution is -0.0595. The van der Waals surface area contributed by atoms with E-state index >= 15 is 0 Å². The molecule has 1 aliphatic heterocycles. The van der Waals surface area contributed by atoms with Gasteiger partial charge in [-0.1, -0.05) is 29.3 Å². The highest BCUT2D eigenvalue weighted by Gasteiger charge is 2.36. The molecule has 16 heavy (non-hydrogen) atoms. The van der Waals surface area contributed by atoms with Crippen LogP contribution < -0.4 is 0 Å². The number of ether oxygens (including phenoxy) is 1. The Labute approximate surface area is 108 Å². The fraction of sp³-hybridized carbons (Fsp3) is 1.00. The van der Waals surface area contributed by atoms with Gasteiger partial charge in [0.2, 0.25) is 0 Å². The van der Waals surface area contributed by atoms with Crippen LogP contribution in [0.4, 0.5) is 0 Å². The summed E-state index contributed by atoms with van der Waals surface area (Å²) in [5.41, 5.74) is 0. The Bertz CT molecular complexity index is 212. The second-order valence-corrected chi connectivity index (χ2v) is 5.86. The third-order valence-electron chi connectivity index (χ3n) is 4.00. The summed E-state index contributed by atoms with van der Waals surface area (Å²) in [4.78, 5) is 2.70. The van der Waals surface area contributed by atoms with Crippen molar-refractivity contribution in [3.8, 4) is 0 Å². The van der Waals surface area contributed by atoms with Gasteiger partial charge in [0.05, 0.1) is 12.7 Å². The number of morpholine rings is 1. The van der Waals surface area contributed by atoms with Crippen LogP contribution in [0.2, 0.25) is 0 Å². The molecular weight excluding hydrogens is 266 g/mol. The van der Waals surface area contributed by atoms with Gasteiger partial charge in [-0.15, -0.1) is 0 Å². The zero-order valence-electron chi connectivity index (χ0n) is 10.3. The Hall–Kier alpha value is 0.400. The number of alkyl halides is 1. The van der Waals surface area contributed by atoms with Crippen molar-refractivity contribution in [2.45, 2.75) is 51.2 Å². The topological polar surface area (TPSA) is 12.5 Å². The first kappa shape index (κ1) is 12.8. The van der Waals surface area contributed by atoms with Gasteiger partial charge in [0.15, 0.2) is 0 Å². The molecule has 94 valence electrons. The van der Waals surface area contributed by atoms with Crippen molar-refractivity contribution in [1.82, 2.24) is 4.90 Å². The maximum atomic E-state index is 5.85. The van der Waals surface area contributed by atoms with Gasteiger partial charge in [-0.2, -0.15) is 0 Å². The molecule has 0 aromatic rings. The summed E-state index contributed by atoms with van der Waals surface area (Å²) in [6.07, 6.45) is 7.19. The summed E-state index contributed by atoms with van der Waals surface area (Å²) in [7, 11) is 0. The highest BCUT2D eigenvalue weighted by atomic mass is 79.9. The molecule has 0 amide bonds. The second-order valence-electron chi connectivity index (χ2n) is 5.21. The number of hydrogen-bond donors (Lipinski definition) is 0. The standard InChI is InChI=1S/C13H24BrNO/c1-2-4-11(9-14)10-15-7-8-16-13-6-3-5-12(13)15/h11-13H,2-10H2,1H3. The number of halogens is 1. The lowest BCUT2D eigenvalue weighted by Crippen LogP contribution is -2.50. The zero-order chi connectivity index (χ0) is 11.4. The van der Waals surface area contributed by atoms with Crippen LogP contribution in [0, 0.1) is 5.92 Å². The lowest BCUT2D eigenvalue weighted by atomic mass is 10.0. The molecule has 3 atom stereocenters. The lowest BCUT2D eigenvalue weighted by Gasteiger charge is -2.39. The van der Waals surface area contributed by atoms with E-state index in [9.17, 15) is 0 Å². The summed E-state index contributed by atoms with van der Waals surface area (Å²) in [5.74, 6) is 0.823. The van der Waals surface area contributed by atoms with E-state index in [-0.39, 0.29) is 0 Å². The third kappa shape index (κ3) is 2.99. The first-order valence-corrected chi connectivity index (χ1v) is 7.89. The fourth-order valence-electron chi connectivity index (χ4n) is 3.19. The molecule has 2 fully saturated rings. The van der Waals surface area contributed by atoms with E-state index in [1.165, 1.54) is 38.6 Å². The Balaban J connectivity index is 1.87. The van der Waals surface area contributed by atoms with Crippen LogP contribution in [0.25, 0.3) is 0 Å². The van der Waals surface area contributed by atoms with E-state index in [0.29, 0.717) is 6.10 Å². The minimum atomic E-state index is 0.548. The number of fused-ring (bicyclic) bond motifs is 1. The van der Waals surface area contributed by atoms with Crippen LogP contribution in [-0.2, 0) is 4.74 Å².